The highest BCUT2D eigenvalue weighted by Gasteiger charge is 2.14. The minimum absolute atomic E-state index is 0.378. The molecule has 0 aliphatic carbocycles. The Morgan fingerprint density at radius 1 is 1.08 bits per heavy atom. The molecular formula is C17H16N4O2S. The highest BCUT2D eigenvalue weighted by atomic mass is 32.1. The van der Waals surface area contributed by atoms with Crippen LogP contribution in [0.3, 0.4) is 0 Å². The number of nitrogens with zero attached hydrogens (tertiary/aromatic N) is 2. The molecule has 3 aromatic heterocycles. The maximum atomic E-state index is 12.3. The van der Waals surface area contributed by atoms with Gasteiger partial charge in [0.1, 0.15) is 5.69 Å². The van der Waals surface area contributed by atoms with Gasteiger partial charge in [-0.05, 0) is 42.6 Å². The molecule has 0 radical (unpaired) electrons. The van der Waals surface area contributed by atoms with Crippen LogP contribution in [0.4, 0.5) is 0 Å². The van der Waals surface area contributed by atoms with E-state index in [1.807, 2.05) is 17.5 Å². The van der Waals surface area contributed by atoms with Crippen LogP contribution in [0.15, 0.2) is 48.0 Å². The van der Waals surface area contributed by atoms with Crippen molar-refractivity contribution in [3.8, 4) is 10.6 Å². The third kappa shape index (κ3) is 3.21. The first-order valence-corrected chi connectivity index (χ1v) is 8.18. The molecule has 3 rings (SSSR count). The predicted octanol–water partition coefficient (Wildman–Crippen LogP) is 2.53. The van der Waals surface area contributed by atoms with Gasteiger partial charge in [0.25, 0.3) is 11.8 Å². The van der Waals surface area contributed by atoms with Crippen molar-refractivity contribution in [1.29, 1.82) is 0 Å². The Hall–Kier alpha value is -2.93. The molecular weight excluding hydrogens is 324 g/mol. The molecule has 6 nitrogen and oxygen atoms in total. The first-order valence-electron chi connectivity index (χ1n) is 7.30. The molecule has 0 aromatic carbocycles. The third-order valence-electron chi connectivity index (χ3n) is 3.57. The highest BCUT2D eigenvalue weighted by Crippen LogP contribution is 2.23. The molecule has 0 saturated carbocycles. The normalized spacial score (nSPS) is 10.4. The molecule has 0 unspecified atom stereocenters. The number of nitrogens with one attached hydrogen (secondary N) is 2. The molecule has 3 aromatic rings. The molecule has 0 aliphatic rings. The Labute approximate surface area is 143 Å². The molecule has 122 valence electrons. The lowest BCUT2D eigenvalue weighted by Gasteiger charge is -2.10. The van der Waals surface area contributed by atoms with Gasteiger partial charge in [-0.1, -0.05) is 6.07 Å². The fourth-order valence-corrected chi connectivity index (χ4v) is 3.00. The number of pyridine rings is 1. The van der Waals surface area contributed by atoms with Crippen LogP contribution in [-0.2, 0) is 7.05 Å². The Bertz CT molecular complexity index is 884. The fourth-order valence-electron chi connectivity index (χ4n) is 2.30. The van der Waals surface area contributed by atoms with Gasteiger partial charge in [-0.15, -0.1) is 11.3 Å². The Morgan fingerprint density at radius 2 is 1.88 bits per heavy atom. The van der Waals surface area contributed by atoms with E-state index in [-0.39, 0.29) is 5.91 Å². The van der Waals surface area contributed by atoms with Gasteiger partial charge < -0.3 is 4.57 Å². The number of hydrogen-bond acceptors (Lipinski definition) is 4. The molecule has 0 saturated heterocycles. The number of hydrogen-bond donors (Lipinski definition) is 2. The van der Waals surface area contributed by atoms with Crippen LogP contribution in [-0.4, -0.2) is 21.4 Å². The van der Waals surface area contributed by atoms with Gasteiger partial charge in [0, 0.05) is 13.2 Å². The lowest BCUT2D eigenvalue weighted by atomic mass is 10.1. The molecule has 0 bridgehead atoms. The van der Waals surface area contributed by atoms with Crippen molar-refractivity contribution in [2.45, 2.75) is 6.92 Å². The van der Waals surface area contributed by atoms with Crippen molar-refractivity contribution >= 4 is 23.2 Å². The Kier molecular flexibility index (Phi) is 4.43. The van der Waals surface area contributed by atoms with Crippen molar-refractivity contribution in [3.63, 3.8) is 0 Å². The molecule has 0 fully saturated rings. The lowest BCUT2D eigenvalue weighted by Crippen LogP contribution is -2.42. The molecule has 3 heterocycles. The summed E-state index contributed by atoms with van der Waals surface area (Å²) < 4.78 is 1.67. The molecule has 2 N–H and O–H groups in total. The molecule has 0 spiro atoms. The van der Waals surface area contributed by atoms with Crippen LogP contribution >= 0.6 is 11.3 Å². The maximum absolute atomic E-state index is 12.3. The van der Waals surface area contributed by atoms with E-state index < -0.39 is 5.91 Å². The minimum Gasteiger partial charge on any atom is -0.347 e. The van der Waals surface area contributed by atoms with Crippen molar-refractivity contribution in [1.82, 2.24) is 20.4 Å². The van der Waals surface area contributed by atoms with E-state index in [9.17, 15) is 9.59 Å². The van der Waals surface area contributed by atoms with Crippen molar-refractivity contribution in [3.05, 3.63) is 64.9 Å². The second-order valence-electron chi connectivity index (χ2n) is 5.22. The smallest absolute Gasteiger partial charge is 0.286 e. The number of aromatic nitrogens is 2. The summed E-state index contributed by atoms with van der Waals surface area (Å²) in [7, 11) is 1.76. The zero-order valence-corrected chi connectivity index (χ0v) is 14.1. The summed E-state index contributed by atoms with van der Waals surface area (Å²) in [4.78, 5) is 29.8. The Balaban J connectivity index is 1.69. The largest absolute Gasteiger partial charge is 0.347 e. The van der Waals surface area contributed by atoms with Crippen LogP contribution < -0.4 is 10.9 Å². The maximum Gasteiger partial charge on any atom is 0.286 e. The highest BCUT2D eigenvalue weighted by molar-refractivity contribution is 7.13. The van der Waals surface area contributed by atoms with Crippen LogP contribution in [0.5, 0.6) is 0 Å². The van der Waals surface area contributed by atoms with E-state index in [1.54, 1.807) is 60.3 Å². The zero-order valence-electron chi connectivity index (χ0n) is 13.2. The average Bonchev–Trinajstić information content (AvgIpc) is 3.23. The SMILES string of the molecule is Cc1nc(-c2cccs2)ccc1C(=O)NNC(=O)c1cccn1C. The third-order valence-corrected chi connectivity index (χ3v) is 4.46. The van der Waals surface area contributed by atoms with E-state index in [0.29, 0.717) is 17.0 Å². The van der Waals surface area contributed by atoms with Crippen LogP contribution in [0.1, 0.15) is 26.5 Å². The first-order chi connectivity index (χ1) is 11.6. The van der Waals surface area contributed by atoms with Gasteiger partial charge in [0.2, 0.25) is 0 Å². The summed E-state index contributed by atoms with van der Waals surface area (Å²) in [5.41, 5.74) is 7.13. The predicted molar refractivity (Wildman–Crippen MR) is 92.6 cm³/mol. The topological polar surface area (TPSA) is 76.0 Å². The van der Waals surface area contributed by atoms with Crippen molar-refractivity contribution < 1.29 is 9.59 Å². The second kappa shape index (κ2) is 6.67. The van der Waals surface area contributed by atoms with Crippen LogP contribution in [0, 0.1) is 6.92 Å². The number of amides is 2. The average molecular weight is 340 g/mol. The van der Waals surface area contributed by atoms with E-state index in [4.69, 9.17) is 0 Å². The molecule has 2 amide bonds. The van der Waals surface area contributed by atoms with E-state index in [2.05, 4.69) is 15.8 Å². The molecule has 0 atom stereocenters. The van der Waals surface area contributed by atoms with Gasteiger partial charge >= 0.3 is 0 Å². The van der Waals surface area contributed by atoms with E-state index in [0.717, 1.165) is 10.6 Å². The number of aryl methyl sites for hydroxylation is 2. The molecule has 7 heteroatoms. The van der Waals surface area contributed by atoms with Crippen molar-refractivity contribution in [2.24, 2.45) is 7.05 Å². The zero-order chi connectivity index (χ0) is 17.1. The van der Waals surface area contributed by atoms with E-state index >= 15 is 0 Å². The summed E-state index contributed by atoms with van der Waals surface area (Å²) in [5.74, 6) is -0.781. The second-order valence-corrected chi connectivity index (χ2v) is 6.17. The summed E-state index contributed by atoms with van der Waals surface area (Å²) in [6, 6.07) is 10.9. The van der Waals surface area contributed by atoms with Gasteiger partial charge in [0.15, 0.2) is 0 Å². The van der Waals surface area contributed by atoms with Crippen LogP contribution in [0.25, 0.3) is 10.6 Å². The quantitative estimate of drug-likeness (QED) is 0.720. The number of thiophene rings is 1. The van der Waals surface area contributed by atoms with Gasteiger partial charge in [-0.25, -0.2) is 0 Å². The minimum atomic E-state index is -0.403. The number of carbonyl (C=O) groups excluding carboxylic acids is 2. The lowest BCUT2D eigenvalue weighted by molar-refractivity contribution is 0.0841. The number of hydrazine groups is 1. The fraction of sp³-hybridized carbons (Fsp3) is 0.118. The van der Waals surface area contributed by atoms with Gasteiger partial charge in [0.05, 0.1) is 21.8 Å². The summed E-state index contributed by atoms with van der Waals surface area (Å²) in [6.07, 6.45) is 1.76. The van der Waals surface area contributed by atoms with Crippen molar-refractivity contribution in [2.75, 3.05) is 0 Å². The molecule has 0 aliphatic heterocycles. The summed E-state index contributed by atoms with van der Waals surface area (Å²) in [5, 5.41) is 1.98. The number of rotatable bonds is 3. The number of carbonyl (C=O) groups is 2. The molecule has 24 heavy (non-hydrogen) atoms. The first kappa shape index (κ1) is 15.9. The summed E-state index contributed by atoms with van der Waals surface area (Å²) in [6.45, 7) is 1.77. The summed E-state index contributed by atoms with van der Waals surface area (Å²) >= 11 is 1.59. The van der Waals surface area contributed by atoms with Crippen LogP contribution in [0.2, 0.25) is 0 Å². The van der Waals surface area contributed by atoms with E-state index in [1.165, 1.54) is 0 Å². The standard InChI is InChI=1S/C17H16N4O2S/c1-11-12(7-8-13(18-11)15-6-4-10-24-15)16(22)19-20-17(23)14-5-3-9-21(14)2/h3-10H,1-2H3,(H,19,22)(H,20,23). The van der Waals surface area contributed by atoms with Gasteiger partial charge in [-0.2, -0.15) is 0 Å². The monoisotopic (exact) mass is 340 g/mol. The Morgan fingerprint density at radius 3 is 2.50 bits per heavy atom. The van der Waals surface area contributed by atoms with Gasteiger partial charge in [-0.3, -0.25) is 25.4 Å².